The molecule has 0 unspecified atom stereocenters. The molecule has 3 rings (SSSR count). The molecule has 6 nitrogen and oxygen atoms in total. The molecule has 0 aliphatic rings. The lowest BCUT2D eigenvalue weighted by Gasteiger charge is -2.05. The molecule has 7 heteroatoms. The molecule has 24 heavy (non-hydrogen) atoms. The predicted octanol–water partition coefficient (Wildman–Crippen LogP) is 2.83. The maximum absolute atomic E-state index is 12.4. The molecule has 2 aromatic heterocycles. The normalized spacial score (nSPS) is 10.5. The highest BCUT2D eigenvalue weighted by atomic mass is 32.1. The summed E-state index contributed by atoms with van der Waals surface area (Å²) in [6.07, 6.45) is 0. The van der Waals surface area contributed by atoms with E-state index in [9.17, 15) is 9.59 Å². The van der Waals surface area contributed by atoms with E-state index in [4.69, 9.17) is 10.00 Å². The van der Waals surface area contributed by atoms with Crippen molar-refractivity contribution in [3.8, 4) is 6.07 Å². The SMILES string of the molecule is Cc1nc2sc(C(=O)OCc3ccccc3C#N)c(C)c2c(=O)[nH]1. The van der Waals surface area contributed by atoms with E-state index in [2.05, 4.69) is 16.0 Å². The molecule has 0 fully saturated rings. The van der Waals surface area contributed by atoms with E-state index in [1.54, 1.807) is 38.1 Å². The Hall–Kier alpha value is -2.98. The van der Waals surface area contributed by atoms with Gasteiger partial charge in [0.05, 0.1) is 17.0 Å². The number of thiophene rings is 1. The zero-order chi connectivity index (χ0) is 17.3. The zero-order valence-electron chi connectivity index (χ0n) is 13.0. The highest BCUT2D eigenvalue weighted by molar-refractivity contribution is 7.20. The van der Waals surface area contributed by atoms with Crippen LogP contribution < -0.4 is 5.56 Å². The molecule has 2 heterocycles. The van der Waals surface area contributed by atoms with Crippen LogP contribution in [-0.2, 0) is 11.3 Å². The third-order valence-corrected chi connectivity index (χ3v) is 4.77. The number of nitrogens with zero attached hydrogens (tertiary/aromatic N) is 2. The van der Waals surface area contributed by atoms with E-state index in [-0.39, 0.29) is 12.2 Å². The number of fused-ring (bicyclic) bond motifs is 1. The number of rotatable bonds is 3. The van der Waals surface area contributed by atoms with Crippen molar-refractivity contribution in [1.82, 2.24) is 9.97 Å². The number of carbonyl (C=O) groups is 1. The number of aryl methyl sites for hydroxylation is 2. The third-order valence-electron chi connectivity index (χ3n) is 3.60. The van der Waals surface area contributed by atoms with Gasteiger partial charge in [-0.1, -0.05) is 18.2 Å². The first kappa shape index (κ1) is 15.9. The minimum Gasteiger partial charge on any atom is -0.457 e. The summed E-state index contributed by atoms with van der Waals surface area (Å²) in [4.78, 5) is 32.2. The molecular weight excluding hydrogens is 326 g/mol. The summed E-state index contributed by atoms with van der Waals surface area (Å²) in [6.45, 7) is 3.39. The number of nitriles is 1. The van der Waals surface area contributed by atoms with Gasteiger partial charge in [0.1, 0.15) is 22.1 Å². The number of aromatic nitrogens is 2. The zero-order valence-corrected chi connectivity index (χ0v) is 13.9. The molecule has 0 saturated heterocycles. The van der Waals surface area contributed by atoms with Gasteiger partial charge < -0.3 is 9.72 Å². The monoisotopic (exact) mass is 339 g/mol. The molecule has 0 saturated carbocycles. The van der Waals surface area contributed by atoms with Gasteiger partial charge in [-0.05, 0) is 25.5 Å². The van der Waals surface area contributed by atoms with Crippen LogP contribution in [-0.4, -0.2) is 15.9 Å². The molecule has 120 valence electrons. The number of H-pyrrole nitrogens is 1. The average Bonchev–Trinajstić information content (AvgIpc) is 2.89. The minimum absolute atomic E-state index is 0.000927. The van der Waals surface area contributed by atoms with Crippen molar-refractivity contribution >= 4 is 27.5 Å². The Morgan fingerprint density at radius 3 is 2.88 bits per heavy atom. The molecule has 1 aromatic carbocycles. The number of ether oxygens (including phenoxy) is 1. The summed E-state index contributed by atoms with van der Waals surface area (Å²) < 4.78 is 5.32. The van der Waals surface area contributed by atoms with Gasteiger partial charge in [0, 0.05) is 5.56 Å². The number of hydrogen-bond acceptors (Lipinski definition) is 6. The Morgan fingerprint density at radius 2 is 2.12 bits per heavy atom. The first-order chi connectivity index (χ1) is 11.5. The first-order valence-electron chi connectivity index (χ1n) is 7.16. The molecule has 0 radical (unpaired) electrons. The predicted molar refractivity (Wildman–Crippen MR) is 90.0 cm³/mol. The van der Waals surface area contributed by atoms with Crippen LogP contribution in [0.3, 0.4) is 0 Å². The topological polar surface area (TPSA) is 95.8 Å². The van der Waals surface area contributed by atoms with Crippen molar-refractivity contribution in [2.24, 2.45) is 0 Å². The fraction of sp³-hybridized carbons (Fsp3) is 0.176. The number of nitrogens with one attached hydrogen (secondary N) is 1. The number of hydrogen-bond donors (Lipinski definition) is 1. The number of carbonyl (C=O) groups excluding carboxylic acids is 1. The third kappa shape index (κ3) is 2.79. The number of aromatic amines is 1. The summed E-state index contributed by atoms with van der Waals surface area (Å²) in [7, 11) is 0. The fourth-order valence-electron chi connectivity index (χ4n) is 2.41. The van der Waals surface area contributed by atoms with Crippen LogP contribution in [0.5, 0.6) is 0 Å². The summed E-state index contributed by atoms with van der Waals surface area (Å²) in [5, 5.41) is 9.47. The van der Waals surface area contributed by atoms with E-state index in [1.165, 1.54) is 0 Å². The van der Waals surface area contributed by atoms with Crippen LogP contribution in [0, 0.1) is 25.2 Å². The molecular formula is C17H13N3O3S. The Bertz CT molecular complexity index is 1040. The maximum Gasteiger partial charge on any atom is 0.349 e. The smallest absolute Gasteiger partial charge is 0.349 e. The number of benzene rings is 1. The van der Waals surface area contributed by atoms with E-state index < -0.39 is 5.97 Å². The molecule has 0 amide bonds. The standard InChI is InChI=1S/C17H13N3O3S/c1-9-13-15(21)19-10(2)20-16(13)24-14(9)17(22)23-8-12-6-4-3-5-11(12)7-18/h3-6H,8H2,1-2H3,(H,19,20,21). The van der Waals surface area contributed by atoms with Gasteiger partial charge in [-0.2, -0.15) is 5.26 Å². The Morgan fingerprint density at radius 1 is 1.38 bits per heavy atom. The summed E-state index contributed by atoms with van der Waals surface area (Å²) in [5.41, 5.74) is 1.40. The number of esters is 1. The summed E-state index contributed by atoms with van der Waals surface area (Å²) >= 11 is 1.13. The molecule has 0 spiro atoms. The van der Waals surface area contributed by atoms with Gasteiger partial charge in [0.2, 0.25) is 0 Å². The molecule has 1 N–H and O–H groups in total. The largest absolute Gasteiger partial charge is 0.457 e. The fourth-order valence-corrected chi connectivity index (χ4v) is 3.53. The van der Waals surface area contributed by atoms with E-state index in [0.717, 1.165) is 11.3 Å². The van der Waals surface area contributed by atoms with Crippen molar-refractivity contribution in [3.63, 3.8) is 0 Å². The van der Waals surface area contributed by atoms with E-state index in [1.807, 2.05) is 0 Å². The lowest BCUT2D eigenvalue weighted by molar-refractivity contribution is 0.0477. The van der Waals surface area contributed by atoms with Crippen LogP contribution in [0.15, 0.2) is 29.1 Å². The van der Waals surface area contributed by atoms with Crippen LogP contribution in [0.4, 0.5) is 0 Å². The lowest BCUT2D eigenvalue weighted by Crippen LogP contribution is -2.10. The quantitative estimate of drug-likeness (QED) is 0.740. The van der Waals surface area contributed by atoms with Crippen molar-refractivity contribution < 1.29 is 9.53 Å². The second kappa shape index (κ2) is 6.26. The lowest BCUT2D eigenvalue weighted by atomic mass is 10.1. The van der Waals surface area contributed by atoms with Gasteiger partial charge >= 0.3 is 5.97 Å². The molecule has 0 bridgehead atoms. The highest BCUT2D eigenvalue weighted by Crippen LogP contribution is 2.27. The van der Waals surface area contributed by atoms with Crippen molar-refractivity contribution in [1.29, 1.82) is 5.26 Å². The van der Waals surface area contributed by atoms with Crippen LogP contribution in [0.25, 0.3) is 10.2 Å². The molecule has 0 aliphatic heterocycles. The second-order valence-electron chi connectivity index (χ2n) is 5.23. The van der Waals surface area contributed by atoms with Crippen LogP contribution in [0.2, 0.25) is 0 Å². The van der Waals surface area contributed by atoms with Crippen LogP contribution in [0.1, 0.15) is 32.2 Å². The summed E-state index contributed by atoms with van der Waals surface area (Å²) in [5.74, 6) is -0.0306. The maximum atomic E-state index is 12.4. The van der Waals surface area contributed by atoms with E-state index >= 15 is 0 Å². The molecule has 0 atom stereocenters. The van der Waals surface area contributed by atoms with Crippen molar-refractivity contribution in [2.75, 3.05) is 0 Å². The molecule has 3 aromatic rings. The van der Waals surface area contributed by atoms with Crippen molar-refractivity contribution in [2.45, 2.75) is 20.5 Å². The van der Waals surface area contributed by atoms with Gasteiger partial charge in [0.25, 0.3) is 5.56 Å². The second-order valence-corrected chi connectivity index (χ2v) is 6.23. The van der Waals surface area contributed by atoms with Gasteiger partial charge in [0.15, 0.2) is 0 Å². The Kier molecular flexibility index (Phi) is 4.15. The van der Waals surface area contributed by atoms with Gasteiger partial charge in [-0.15, -0.1) is 11.3 Å². The summed E-state index contributed by atoms with van der Waals surface area (Å²) in [6, 6.07) is 8.99. The van der Waals surface area contributed by atoms with Gasteiger partial charge in [-0.3, -0.25) is 4.79 Å². The minimum atomic E-state index is -0.528. The van der Waals surface area contributed by atoms with Gasteiger partial charge in [-0.25, -0.2) is 9.78 Å². The highest BCUT2D eigenvalue weighted by Gasteiger charge is 2.20. The van der Waals surface area contributed by atoms with E-state index in [0.29, 0.717) is 37.6 Å². The molecule has 0 aliphatic carbocycles. The Balaban J connectivity index is 1.90. The first-order valence-corrected chi connectivity index (χ1v) is 7.98. The average molecular weight is 339 g/mol. The Labute approximate surface area is 141 Å². The van der Waals surface area contributed by atoms with Crippen LogP contribution >= 0.6 is 11.3 Å². The van der Waals surface area contributed by atoms with Crippen molar-refractivity contribution in [3.05, 3.63) is 62.0 Å².